The molecule has 19 heavy (non-hydrogen) atoms. The minimum atomic E-state index is 0.453. The molecule has 3 nitrogen and oxygen atoms in total. The molecule has 0 fully saturated rings. The van der Waals surface area contributed by atoms with E-state index in [9.17, 15) is 0 Å². The third kappa shape index (κ3) is 2.39. The highest BCUT2D eigenvalue weighted by atomic mass is 32.1. The van der Waals surface area contributed by atoms with Gasteiger partial charge in [-0.2, -0.15) is 0 Å². The van der Waals surface area contributed by atoms with Crippen molar-refractivity contribution >= 4 is 27.2 Å². The van der Waals surface area contributed by atoms with Crippen LogP contribution in [0.1, 0.15) is 10.6 Å². The molecular formula is C15H14N2OS. The van der Waals surface area contributed by atoms with Crippen LogP contribution in [0.4, 0.5) is 5.69 Å². The summed E-state index contributed by atoms with van der Waals surface area (Å²) in [5.74, 6) is 0.752. The largest absolute Gasteiger partial charge is 0.484 e. The zero-order valence-electron chi connectivity index (χ0n) is 10.6. The first kappa shape index (κ1) is 12.0. The van der Waals surface area contributed by atoms with Crippen LogP contribution in [0.25, 0.3) is 10.2 Å². The van der Waals surface area contributed by atoms with Crippen molar-refractivity contribution in [2.24, 2.45) is 0 Å². The van der Waals surface area contributed by atoms with Crippen LogP contribution in [0.5, 0.6) is 5.75 Å². The van der Waals surface area contributed by atoms with E-state index < -0.39 is 0 Å². The predicted molar refractivity (Wildman–Crippen MR) is 79.5 cm³/mol. The Hall–Kier alpha value is -2.07. The van der Waals surface area contributed by atoms with Crippen molar-refractivity contribution in [1.29, 1.82) is 0 Å². The molecule has 0 radical (unpaired) electrons. The van der Waals surface area contributed by atoms with Gasteiger partial charge in [0.05, 0.1) is 15.9 Å². The van der Waals surface area contributed by atoms with E-state index in [2.05, 4.69) is 11.1 Å². The first-order valence-corrected chi connectivity index (χ1v) is 6.88. The molecule has 2 aromatic carbocycles. The number of nitrogens with zero attached hydrogens (tertiary/aromatic N) is 1. The number of nitrogens with two attached hydrogens (primary N) is 1. The Balaban J connectivity index is 1.82. The second kappa shape index (κ2) is 4.90. The van der Waals surface area contributed by atoms with Gasteiger partial charge in [-0.25, -0.2) is 4.98 Å². The lowest BCUT2D eigenvalue weighted by molar-refractivity contribution is 0.305. The van der Waals surface area contributed by atoms with Crippen LogP contribution < -0.4 is 10.5 Å². The lowest BCUT2D eigenvalue weighted by Gasteiger charge is -2.09. The van der Waals surface area contributed by atoms with Gasteiger partial charge >= 0.3 is 0 Å². The highest BCUT2D eigenvalue weighted by molar-refractivity contribution is 7.18. The van der Waals surface area contributed by atoms with Gasteiger partial charge in [-0.05, 0) is 30.7 Å². The fourth-order valence-electron chi connectivity index (χ4n) is 1.99. The number of aryl methyl sites for hydroxylation is 1. The number of nitrogen functional groups attached to an aromatic ring is 1. The summed E-state index contributed by atoms with van der Waals surface area (Å²) in [6.45, 7) is 2.44. The number of hydrogen-bond donors (Lipinski definition) is 1. The lowest BCUT2D eigenvalue weighted by atomic mass is 10.2. The predicted octanol–water partition coefficient (Wildman–Crippen LogP) is 3.77. The van der Waals surface area contributed by atoms with Crippen molar-refractivity contribution in [3.8, 4) is 5.75 Å². The first-order valence-electron chi connectivity index (χ1n) is 6.06. The van der Waals surface area contributed by atoms with E-state index in [1.54, 1.807) is 11.3 Å². The second-order valence-electron chi connectivity index (χ2n) is 4.36. The first-order chi connectivity index (χ1) is 9.24. The average Bonchev–Trinajstić information content (AvgIpc) is 2.81. The quantitative estimate of drug-likeness (QED) is 0.737. The fourth-order valence-corrected chi connectivity index (χ4v) is 2.87. The van der Waals surface area contributed by atoms with Crippen LogP contribution in [-0.4, -0.2) is 4.98 Å². The summed E-state index contributed by atoms with van der Waals surface area (Å²) in [7, 11) is 0. The summed E-state index contributed by atoms with van der Waals surface area (Å²) in [5, 5.41) is 0.962. The third-order valence-corrected chi connectivity index (χ3v) is 3.93. The van der Waals surface area contributed by atoms with Crippen molar-refractivity contribution in [2.45, 2.75) is 13.5 Å². The Morgan fingerprint density at radius 2 is 2.00 bits per heavy atom. The lowest BCUT2D eigenvalue weighted by Crippen LogP contribution is -2.00. The summed E-state index contributed by atoms with van der Waals surface area (Å²) in [6, 6.07) is 13.9. The molecule has 0 aliphatic carbocycles. The summed E-state index contributed by atoms with van der Waals surface area (Å²) < 4.78 is 6.99. The number of anilines is 1. The standard InChI is InChI=1S/C15H14N2OS/c1-10-5-4-6-11(16)15(10)18-9-14-17-12-7-2-3-8-13(12)19-14/h2-8H,9,16H2,1H3. The van der Waals surface area contributed by atoms with Crippen LogP contribution in [0.2, 0.25) is 0 Å². The molecule has 0 spiro atoms. The normalized spacial score (nSPS) is 10.8. The number of fused-ring (bicyclic) bond motifs is 1. The van der Waals surface area contributed by atoms with Crippen molar-refractivity contribution in [3.05, 3.63) is 53.0 Å². The van der Waals surface area contributed by atoms with Crippen LogP contribution >= 0.6 is 11.3 Å². The maximum atomic E-state index is 5.92. The molecule has 0 atom stereocenters. The number of para-hydroxylation sites is 2. The molecular weight excluding hydrogens is 256 g/mol. The minimum absolute atomic E-state index is 0.453. The zero-order valence-corrected chi connectivity index (χ0v) is 11.4. The van der Waals surface area contributed by atoms with Gasteiger partial charge in [-0.1, -0.05) is 24.3 Å². The van der Waals surface area contributed by atoms with Crippen LogP contribution in [0, 0.1) is 6.92 Å². The summed E-state index contributed by atoms with van der Waals surface area (Å²) in [4.78, 5) is 4.54. The average molecular weight is 270 g/mol. The van der Waals surface area contributed by atoms with Gasteiger partial charge in [-0.15, -0.1) is 11.3 Å². The van der Waals surface area contributed by atoms with Crippen LogP contribution in [-0.2, 0) is 6.61 Å². The topological polar surface area (TPSA) is 48.1 Å². The molecule has 0 saturated carbocycles. The summed E-state index contributed by atoms with van der Waals surface area (Å²) >= 11 is 1.65. The number of hydrogen-bond acceptors (Lipinski definition) is 4. The zero-order chi connectivity index (χ0) is 13.2. The van der Waals surface area contributed by atoms with Gasteiger partial charge in [0, 0.05) is 0 Å². The third-order valence-electron chi connectivity index (χ3n) is 2.92. The van der Waals surface area contributed by atoms with Gasteiger partial charge in [0.25, 0.3) is 0 Å². The van der Waals surface area contributed by atoms with E-state index in [1.165, 1.54) is 4.70 Å². The smallest absolute Gasteiger partial charge is 0.145 e. The molecule has 2 N–H and O–H groups in total. The summed E-state index contributed by atoms with van der Waals surface area (Å²) in [5.41, 5.74) is 8.65. The van der Waals surface area contributed by atoms with Gasteiger partial charge in [0.2, 0.25) is 0 Å². The molecule has 0 amide bonds. The number of aromatic nitrogens is 1. The molecule has 0 aliphatic heterocycles. The highest BCUT2D eigenvalue weighted by Crippen LogP contribution is 2.28. The molecule has 3 rings (SSSR count). The second-order valence-corrected chi connectivity index (χ2v) is 5.47. The summed E-state index contributed by atoms with van der Waals surface area (Å²) in [6.07, 6.45) is 0. The van der Waals surface area contributed by atoms with Crippen LogP contribution in [0.3, 0.4) is 0 Å². The van der Waals surface area contributed by atoms with Crippen molar-refractivity contribution in [1.82, 2.24) is 4.98 Å². The SMILES string of the molecule is Cc1cccc(N)c1OCc1nc2ccccc2s1. The van der Waals surface area contributed by atoms with E-state index in [0.717, 1.165) is 21.8 Å². The van der Waals surface area contributed by atoms with Gasteiger partial charge in [0.15, 0.2) is 0 Å². The molecule has 96 valence electrons. The molecule has 0 saturated heterocycles. The molecule has 0 unspecified atom stereocenters. The van der Waals surface area contributed by atoms with E-state index in [-0.39, 0.29) is 0 Å². The van der Waals surface area contributed by atoms with Gasteiger partial charge in [-0.3, -0.25) is 0 Å². The van der Waals surface area contributed by atoms with E-state index in [1.807, 2.05) is 43.3 Å². The Bertz CT molecular complexity index is 668. The van der Waals surface area contributed by atoms with Crippen molar-refractivity contribution in [2.75, 3.05) is 5.73 Å². The molecule has 4 heteroatoms. The number of ether oxygens (including phenoxy) is 1. The number of benzene rings is 2. The fraction of sp³-hybridized carbons (Fsp3) is 0.133. The van der Waals surface area contributed by atoms with Crippen molar-refractivity contribution < 1.29 is 4.74 Å². The van der Waals surface area contributed by atoms with Crippen LogP contribution in [0.15, 0.2) is 42.5 Å². The van der Waals surface area contributed by atoms with Crippen molar-refractivity contribution in [3.63, 3.8) is 0 Å². The maximum Gasteiger partial charge on any atom is 0.145 e. The molecule has 1 aromatic heterocycles. The van der Waals surface area contributed by atoms with E-state index in [0.29, 0.717) is 12.3 Å². The van der Waals surface area contributed by atoms with E-state index >= 15 is 0 Å². The highest BCUT2D eigenvalue weighted by Gasteiger charge is 2.07. The molecule has 0 aliphatic rings. The Kier molecular flexibility index (Phi) is 3.09. The Morgan fingerprint density at radius 1 is 1.16 bits per heavy atom. The maximum absolute atomic E-state index is 5.92. The van der Waals surface area contributed by atoms with Gasteiger partial charge in [0.1, 0.15) is 17.4 Å². The minimum Gasteiger partial charge on any atom is -0.484 e. The number of thiazole rings is 1. The number of rotatable bonds is 3. The van der Waals surface area contributed by atoms with Gasteiger partial charge < -0.3 is 10.5 Å². The Labute approximate surface area is 115 Å². The molecule has 1 heterocycles. The Morgan fingerprint density at radius 3 is 2.79 bits per heavy atom. The van der Waals surface area contributed by atoms with E-state index in [4.69, 9.17) is 10.5 Å². The molecule has 3 aromatic rings. The monoisotopic (exact) mass is 270 g/mol. The molecule has 0 bridgehead atoms.